The minimum atomic E-state index is -0.0928. The number of nitrogens with zero attached hydrogens (tertiary/aromatic N) is 2. The maximum Gasteiger partial charge on any atom is 0.321 e. The molecule has 2 heterocycles. The fraction of sp³-hybridized carbons (Fsp3) is 0.333. The molecule has 140 valence electrons. The second-order valence-corrected chi connectivity index (χ2v) is 7.74. The molecule has 27 heavy (non-hydrogen) atoms. The highest BCUT2D eigenvalue weighted by Gasteiger charge is 2.27. The molecular formula is C21H23ClN4O. The summed E-state index contributed by atoms with van der Waals surface area (Å²) in [6, 6.07) is 11.4. The van der Waals surface area contributed by atoms with Crippen molar-refractivity contribution >= 4 is 34.4 Å². The lowest BCUT2D eigenvalue weighted by molar-refractivity contribution is 0.191. The first-order valence-electron chi connectivity index (χ1n) is 9.28. The van der Waals surface area contributed by atoms with Gasteiger partial charge >= 0.3 is 6.03 Å². The zero-order chi connectivity index (χ0) is 19.0. The number of carbonyl (C=O) groups excluding carboxylic acids is 1. The third-order valence-corrected chi connectivity index (χ3v) is 5.52. The molecule has 6 heteroatoms. The molecule has 1 aromatic heterocycles. The van der Waals surface area contributed by atoms with Gasteiger partial charge in [-0.1, -0.05) is 17.7 Å². The Morgan fingerprint density at radius 2 is 2.07 bits per heavy atom. The van der Waals surface area contributed by atoms with Crippen LogP contribution in [0.25, 0.3) is 11.0 Å². The van der Waals surface area contributed by atoms with E-state index in [0.29, 0.717) is 17.3 Å². The molecule has 0 radical (unpaired) electrons. The summed E-state index contributed by atoms with van der Waals surface area (Å²) in [5.41, 5.74) is 5.27. The number of carbonyl (C=O) groups is 1. The largest absolute Gasteiger partial charge is 0.342 e. The number of H-pyrrole nitrogens is 1. The maximum atomic E-state index is 12.7. The van der Waals surface area contributed by atoms with E-state index in [2.05, 4.69) is 36.3 Å². The monoisotopic (exact) mass is 382 g/mol. The van der Waals surface area contributed by atoms with E-state index in [0.717, 1.165) is 36.2 Å². The standard InChI is InChI=1S/C21H23ClN4O/c1-13-9-18-19(10-14(13)2)25-20(24-18)15-5-4-8-26(12-15)21(27)23-17-7-3-6-16(22)11-17/h3,6-7,9-11,15H,4-5,8,12H2,1-2H3,(H,23,27)(H,24,25). The van der Waals surface area contributed by atoms with Crippen LogP contribution in [0.15, 0.2) is 36.4 Å². The van der Waals surface area contributed by atoms with Crippen LogP contribution in [-0.4, -0.2) is 34.0 Å². The first-order valence-corrected chi connectivity index (χ1v) is 9.66. The number of aryl methyl sites for hydroxylation is 2. The summed E-state index contributed by atoms with van der Waals surface area (Å²) in [4.78, 5) is 22.8. The van der Waals surface area contributed by atoms with Crippen LogP contribution in [0.1, 0.15) is 35.7 Å². The smallest absolute Gasteiger partial charge is 0.321 e. The van der Waals surface area contributed by atoms with Crippen LogP contribution in [0.5, 0.6) is 0 Å². The van der Waals surface area contributed by atoms with E-state index in [1.165, 1.54) is 11.1 Å². The van der Waals surface area contributed by atoms with Crippen LogP contribution in [0.3, 0.4) is 0 Å². The fourth-order valence-corrected chi connectivity index (χ4v) is 3.83. The number of hydrogen-bond acceptors (Lipinski definition) is 2. The van der Waals surface area contributed by atoms with E-state index in [4.69, 9.17) is 16.6 Å². The van der Waals surface area contributed by atoms with Gasteiger partial charge in [-0.15, -0.1) is 0 Å². The van der Waals surface area contributed by atoms with Gasteiger partial charge in [-0.2, -0.15) is 0 Å². The van der Waals surface area contributed by atoms with Crippen LogP contribution < -0.4 is 5.32 Å². The van der Waals surface area contributed by atoms with Gasteiger partial charge < -0.3 is 15.2 Å². The summed E-state index contributed by atoms with van der Waals surface area (Å²) in [6.07, 6.45) is 1.99. The Bertz CT molecular complexity index is 958. The number of aromatic amines is 1. The van der Waals surface area contributed by atoms with Crippen molar-refractivity contribution in [1.29, 1.82) is 0 Å². The fourth-order valence-electron chi connectivity index (χ4n) is 3.64. The van der Waals surface area contributed by atoms with Gasteiger partial charge in [0.1, 0.15) is 5.82 Å². The summed E-state index contributed by atoms with van der Waals surface area (Å²) in [7, 11) is 0. The Labute approximate surface area is 163 Å². The molecule has 4 rings (SSSR count). The molecule has 0 saturated carbocycles. The van der Waals surface area contributed by atoms with E-state index < -0.39 is 0 Å². The summed E-state index contributed by atoms with van der Waals surface area (Å²) in [6.45, 7) is 5.62. The first kappa shape index (κ1) is 17.9. The molecular weight excluding hydrogens is 360 g/mol. The Kier molecular flexibility index (Phi) is 4.79. The lowest BCUT2D eigenvalue weighted by Crippen LogP contribution is -2.41. The minimum absolute atomic E-state index is 0.0928. The Balaban J connectivity index is 1.50. The summed E-state index contributed by atoms with van der Waals surface area (Å²) in [5.74, 6) is 1.19. The van der Waals surface area contributed by atoms with Gasteiger partial charge in [0.05, 0.1) is 11.0 Å². The molecule has 2 aromatic carbocycles. The van der Waals surface area contributed by atoms with Crippen molar-refractivity contribution in [3.8, 4) is 0 Å². The zero-order valence-electron chi connectivity index (χ0n) is 15.6. The molecule has 1 aliphatic heterocycles. The van der Waals surface area contributed by atoms with E-state index in [1.54, 1.807) is 12.1 Å². The number of amides is 2. The number of halogens is 1. The van der Waals surface area contributed by atoms with Crippen molar-refractivity contribution in [3.05, 3.63) is 58.4 Å². The van der Waals surface area contributed by atoms with Crippen LogP contribution >= 0.6 is 11.6 Å². The van der Waals surface area contributed by atoms with Crippen molar-refractivity contribution in [2.75, 3.05) is 18.4 Å². The van der Waals surface area contributed by atoms with Gasteiger partial charge in [-0.05, 0) is 68.1 Å². The summed E-state index contributed by atoms with van der Waals surface area (Å²) in [5, 5.41) is 3.55. The number of nitrogens with one attached hydrogen (secondary N) is 2. The number of imidazole rings is 1. The van der Waals surface area contributed by atoms with Crippen LogP contribution in [0.4, 0.5) is 10.5 Å². The highest BCUT2D eigenvalue weighted by molar-refractivity contribution is 6.30. The van der Waals surface area contributed by atoms with Crippen molar-refractivity contribution in [2.24, 2.45) is 0 Å². The minimum Gasteiger partial charge on any atom is -0.342 e. The molecule has 1 fully saturated rings. The zero-order valence-corrected chi connectivity index (χ0v) is 16.3. The quantitative estimate of drug-likeness (QED) is 0.636. The third kappa shape index (κ3) is 3.78. The lowest BCUT2D eigenvalue weighted by atomic mass is 9.97. The van der Waals surface area contributed by atoms with Crippen LogP contribution in [0.2, 0.25) is 5.02 Å². The van der Waals surface area contributed by atoms with Crippen molar-refractivity contribution in [2.45, 2.75) is 32.6 Å². The number of urea groups is 1. The number of benzene rings is 2. The maximum absolute atomic E-state index is 12.7. The van der Waals surface area contributed by atoms with Gasteiger partial charge in [0, 0.05) is 29.7 Å². The molecule has 1 saturated heterocycles. The molecule has 2 amide bonds. The van der Waals surface area contributed by atoms with E-state index in [1.807, 2.05) is 17.0 Å². The van der Waals surface area contributed by atoms with Gasteiger partial charge in [-0.3, -0.25) is 0 Å². The van der Waals surface area contributed by atoms with Crippen LogP contribution in [0, 0.1) is 13.8 Å². The average Bonchev–Trinajstić information content (AvgIpc) is 3.05. The summed E-state index contributed by atoms with van der Waals surface area (Å²) < 4.78 is 0. The average molecular weight is 383 g/mol. The van der Waals surface area contributed by atoms with E-state index >= 15 is 0 Å². The Hall–Kier alpha value is -2.53. The number of anilines is 1. The van der Waals surface area contributed by atoms with Gasteiger partial charge in [0.2, 0.25) is 0 Å². The highest BCUT2D eigenvalue weighted by Crippen LogP contribution is 2.28. The van der Waals surface area contributed by atoms with Crippen LogP contribution in [-0.2, 0) is 0 Å². The summed E-state index contributed by atoms with van der Waals surface area (Å²) >= 11 is 6.00. The van der Waals surface area contributed by atoms with E-state index in [-0.39, 0.29) is 11.9 Å². The second kappa shape index (κ2) is 7.24. The topological polar surface area (TPSA) is 61.0 Å². The SMILES string of the molecule is Cc1cc2nc(C3CCCN(C(=O)Nc4cccc(Cl)c4)C3)[nH]c2cc1C. The number of aromatic nitrogens is 2. The normalized spacial score (nSPS) is 17.3. The van der Waals surface area contributed by atoms with Gasteiger partial charge in [0.25, 0.3) is 0 Å². The van der Waals surface area contributed by atoms with Gasteiger partial charge in [-0.25, -0.2) is 9.78 Å². The molecule has 1 atom stereocenters. The number of piperidine rings is 1. The van der Waals surface area contributed by atoms with E-state index in [9.17, 15) is 4.79 Å². The molecule has 3 aromatic rings. The molecule has 0 bridgehead atoms. The lowest BCUT2D eigenvalue weighted by Gasteiger charge is -2.31. The first-order chi connectivity index (χ1) is 13.0. The molecule has 5 nitrogen and oxygen atoms in total. The Morgan fingerprint density at radius 3 is 2.89 bits per heavy atom. The molecule has 1 unspecified atom stereocenters. The third-order valence-electron chi connectivity index (χ3n) is 5.29. The second-order valence-electron chi connectivity index (χ2n) is 7.30. The molecule has 0 aliphatic carbocycles. The van der Waals surface area contributed by atoms with Crippen molar-refractivity contribution in [3.63, 3.8) is 0 Å². The predicted octanol–water partition coefficient (Wildman–Crippen LogP) is 5.24. The number of likely N-dealkylation sites (tertiary alicyclic amines) is 1. The molecule has 0 spiro atoms. The highest BCUT2D eigenvalue weighted by atomic mass is 35.5. The Morgan fingerprint density at radius 1 is 1.26 bits per heavy atom. The number of fused-ring (bicyclic) bond motifs is 1. The molecule has 2 N–H and O–H groups in total. The van der Waals surface area contributed by atoms with Crippen molar-refractivity contribution in [1.82, 2.24) is 14.9 Å². The number of hydrogen-bond donors (Lipinski definition) is 2. The molecule has 1 aliphatic rings. The predicted molar refractivity (Wildman–Crippen MR) is 110 cm³/mol. The van der Waals surface area contributed by atoms with Crippen molar-refractivity contribution < 1.29 is 4.79 Å². The number of rotatable bonds is 2. The van der Waals surface area contributed by atoms with Gasteiger partial charge in [0.15, 0.2) is 0 Å².